The monoisotopic (exact) mass is 394 g/mol. The Morgan fingerprint density at radius 2 is 1.52 bits per heavy atom. The van der Waals surface area contributed by atoms with Gasteiger partial charge in [0.1, 0.15) is 5.82 Å². The van der Waals surface area contributed by atoms with Crippen LogP contribution in [0.25, 0.3) is 0 Å². The number of anilines is 1. The van der Waals surface area contributed by atoms with Crippen molar-refractivity contribution in [1.29, 1.82) is 0 Å². The van der Waals surface area contributed by atoms with Gasteiger partial charge in [-0.3, -0.25) is 19.3 Å². The fraction of sp³-hybridized carbons (Fsp3) is 0.348. The lowest BCUT2D eigenvalue weighted by atomic mass is 9.91. The summed E-state index contributed by atoms with van der Waals surface area (Å²) in [4.78, 5) is 37.8. The molecule has 4 rings (SSSR count). The molecule has 150 valence electrons. The minimum atomic E-state index is -0.299. The molecule has 29 heavy (non-hydrogen) atoms. The fourth-order valence-electron chi connectivity index (χ4n) is 4.29. The molecule has 5 nitrogen and oxygen atoms in total. The summed E-state index contributed by atoms with van der Waals surface area (Å²) in [6.07, 6.45) is 4.76. The lowest BCUT2D eigenvalue weighted by molar-refractivity contribution is -0.121. The first-order chi connectivity index (χ1) is 14.0. The third kappa shape index (κ3) is 4.06. The van der Waals surface area contributed by atoms with Gasteiger partial charge in [0.2, 0.25) is 11.8 Å². The van der Waals surface area contributed by atoms with E-state index in [0.717, 1.165) is 31.2 Å². The molecule has 2 aliphatic rings. The van der Waals surface area contributed by atoms with E-state index in [1.807, 2.05) is 0 Å². The van der Waals surface area contributed by atoms with Gasteiger partial charge >= 0.3 is 0 Å². The van der Waals surface area contributed by atoms with Crippen molar-refractivity contribution in [3.8, 4) is 0 Å². The van der Waals surface area contributed by atoms with E-state index < -0.39 is 0 Å². The summed E-state index contributed by atoms with van der Waals surface area (Å²) < 4.78 is 13.3. The molecule has 3 amide bonds. The maximum atomic E-state index is 13.3. The number of nitrogens with one attached hydrogen (secondary N) is 1. The lowest BCUT2D eigenvalue weighted by Gasteiger charge is -2.25. The van der Waals surface area contributed by atoms with Crippen LogP contribution >= 0.6 is 0 Å². The van der Waals surface area contributed by atoms with Gasteiger partial charge in [-0.1, -0.05) is 25.0 Å². The summed E-state index contributed by atoms with van der Waals surface area (Å²) in [6, 6.07) is 12.6. The van der Waals surface area contributed by atoms with Gasteiger partial charge in [-0.15, -0.1) is 0 Å². The molecule has 1 unspecified atom stereocenters. The number of carbonyl (C=O) groups is 3. The Bertz CT molecular complexity index is 902. The van der Waals surface area contributed by atoms with Crippen molar-refractivity contribution < 1.29 is 18.8 Å². The summed E-state index contributed by atoms with van der Waals surface area (Å²) in [5, 5.41) is 3.11. The van der Waals surface area contributed by atoms with Gasteiger partial charge in [-0.05, 0) is 60.7 Å². The van der Waals surface area contributed by atoms with E-state index in [-0.39, 0.29) is 42.4 Å². The molecule has 1 aliphatic heterocycles. The molecular weight excluding hydrogens is 371 g/mol. The number of carbonyl (C=O) groups excluding carboxylic acids is 3. The minimum absolute atomic E-state index is 0.174. The van der Waals surface area contributed by atoms with Gasteiger partial charge in [-0.25, -0.2) is 4.39 Å². The van der Waals surface area contributed by atoms with Crippen molar-refractivity contribution in [3.63, 3.8) is 0 Å². The summed E-state index contributed by atoms with van der Waals surface area (Å²) in [7, 11) is 0. The number of halogens is 1. The van der Waals surface area contributed by atoms with Crippen molar-refractivity contribution in [2.45, 2.75) is 44.6 Å². The summed E-state index contributed by atoms with van der Waals surface area (Å²) >= 11 is 0. The fourth-order valence-corrected chi connectivity index (χ4v) is 4.29. The van der Waals surface area contributed by atoms with E-state index in [1.54, 1.807) is 36.4 Å². The number of hydrogen-bond donors (Lipinski definition) is 1. The molecule has 2 fully saturated rings. The second kappa shape index (κ2) is 8.15. The first-order valence-electron chi connectivity index (χ1n) is 10.0. The zero-order valence-electron chi connectivity index (χ0n) is 16.1. The second-order valence-corrected chi connectivity index (χ2v) is 7.72. The van der Waals surface area contributed by atoms with Gasteiger partial charge in [-0.2, -0.15) is 0 Å². The van der Waals surface area contributed by atoms with E-state index >= 15 is 0 Å². The average molecular weight is 394 g/mol. The van der Waals surface area contributed by atoms with Crippen LogP contribution in [0.5, 0.6) is 0 Å². The highest BCUT2D eigenvalue weighted by Crippen LogP contribution is 2.36. The Morgan fingerprint density at radius 1 is 0.931 bits per heavy atom. The van der Waals surface area contributed by atoms with Crippen molar-refractivity contribution in [1.82, 2.24) is 5.32 Å². The van der Waals surface area contributed by atoms with E-state index in [2.05, 4.69) is 5.32 Å². The third-order valence-electron chi connectivity index (χ3n) is 5.83. The zero-order chi connectivity index (χ0) is 20.4. The molecule has 6 heteroatoms. The number of hydrogen-bond acceptors (Lipinski definition) is 3. The average Bonchev–Trinajstić information content (AvgIpc) is 3.37. The van der Waals surface area contributed by atoms with Crippen LogP contribution < -0.4 is 10.2 Å². The molecule has 1 N–H and O–H groups in total. The molecule has 0 spiro atoms. The molecule has 2 aromatic carbocycles. The highest BCUT2D eigenvalue weighted by molar-refractivity contribution is 6.19. The Hall–Kier alpha value is -3.02. The number of imide groups is 1. The van der Waals surface area contributed by atoms with E-state index in [1.165, 1.54) is 17.0 Å². The second-order valence-electron chi connectivity index (χ2n) is 7.72. The lowest BCUT2D eigenvalue weighted by Crippen LogP contribution is -2.33. The van der Waals surface area contributed by atoms with Gasteiger partial charge in [0.15, 0.2) is 0 Å². The van der Waals surface area contributed by atoms with Crippen LogP contribution in [0.3, 0.4) is 0 Å². The molecule has 0 aromatic heterocycles. The summed E-state index contributed by atoms with van der Waals surface area (Å²) in [5.74, 6) is -0.637. The topological polar surface area (TPSA) is 66.5 Å². The van der Waals surface area contributed by atoms with E-state index in [4.69, 9.17) is 0 Å². The quantitative estimate of drug-likeness (QED) is 0.775. The molecule has 1 aliphatic carbocycles. The standard InChI is InChI=1S/C23H23FN2O3/c24-18-9-5-16(6-10-18)22(15-3-1-2-4-15)25-23(29)17-7-11-19(12-8-17)26-20(27)13-14-21(26)28/h5-12,15,22H,1-4,13-14H2,(H,25,29). The van der Waals surface area contributed by atoms with Crippen LogP contribution in [-0.2, 0) is 9.59 Å². The highest BCUT2D eigenvalue weighted by Gasteiger charge is 2.31. The smallest absolute Gasteiger partial charge is 0.251 e. The Balaban J connectivity index is 1.52. The number of rotatable bonds is 5. The number of nitrogens with zero attached hydrogens (tertiary/aromatic N) is 1. The van der Waals surface area contributed by atoms with Crippen LogP contribution in [0.15, 0.2) is 48.5 Å². The third-order valence-corrected chi connectivity index (χ3v) is 5.83. The Morgan fingerprint density at radius 3 is 2.10 bits per heavy atom. The van der Waals surface area contributed by atoms with Gasteiger partial charge in [0.05, 0.1) is 11.7 Å². The predicted octanol–water partition coefficient (Wildman–Crippen LogP) is 4.14. The maximum Gasteiger partial charge on any atom is 0.251 e. The normalized spacial score (nSPS) is 18.3. The highest BCUT2D eigenvalue weighted by atomic mass is 19.1. The van der Waals surface area contributed by atoms with Crippen LogP contribution in [0.1, 0.15) is 60.5 Å². The summed E-state index contributed by atoms with van der Waals surface area (Å²) in [5.41, 5.74) is 1.84. The van der Waals surface area contributed by atoms with Gasteiger partial charge in [0, 0.05) is 18.4 Å². The SMILES string of the molecule is O=C(NC(c1ccc(F)cc1)C1CCCC1)c1ccc(N2C(=O)CCC2=O)cc1. The molecule has 1 atom stereocenters. The molecular formula is C23H23FN2O3. The summed E-state index contributed by atoms with van der Waals surface area (Å²) in [6.45, 7) is 0. The Labute approximate surface area is 168 Å². The predicted molar refractivity (Wildman–Crippen MR) is 107 cm³/mol. The largest absolute Gasteiger partial charge is 0.345 e. The van der Waals surface area contributed by atoms with Crippen molar-refractivity contribution in [2.24, 2.45) is 5.92 Å². The van der Waals surface area contributed by atoms with Crippen molar-refractivity contribution >= 4 is 23.4 Å². The Kier molecular flexibility index (Phi) is 5.43. The van der Waals surface area contributed by atoms with Gasteiger partial charge in [0.25, 0.3) is 5.91 Å². The molecule has 1 saturated carbocycles. The van der Waals surface area contributed by atoms with Crippen LogP contribution in [-0.4, -0.2) is 17.7 Å². The maximum absolute atomic E-state index is 13.3. The number of amides is 3. The van der Waals surface area contributed by atoms with Crippen molar-refractivity contribution in [3.05, 3.63) is 65.5 Å². The van der Waals surface area contributed by atoms with Gasteiger partial charge < -0.3 is 5.32 Å². The first kappa shape index (κ1) is 19.3. The van der Waals surface area contributed by atoms with E-state index in [0.29, 0.717) is 17.2 Å². The molecule has 0 bridgehead atoms. The molecule has 1 saturated heterocycles. The molecule has 2 aromatic rings. The van der Waals surface area contributed by atoms with E-state index in [9.17, 15) is 18.8 Å². The van der Waals surface area contributed by atoms with Crippen molar-refractivity contribution in [2.75, 3.05) is 4.90 Å². The first-order valence-corrected chi connectivity index (χ1v) is 10.0. The molecule has 0 radical (unpaired) electrons. The van der Waals surface area contributed by atoms with Crippen LogP contribution in [0.2, 0.25) is 0 Å². The van der Waals surface area contributed by atoms with Crippen LogP contribution in [0, 0.1) is 11.7 Å². The zero-order valence-corrected chi connectivity index (χ0v) is 16.1. The van der Waals surface area contributed by atoms with Crippen LogP contribution in [0.4, 0.5) is 10.1 Å². The minimum Gasteiger partial charge on any atom is -0.345 e. The number of benzene rings is 2. The molecule has 1 heterocycles.